The van der Waals surface area contributed by atoms with Gasteiger partial charge in [-0.25, -0.2) is 4.98 Å². The zero-order chi connectivity index (χ0) is 13.7. The Bertz CT molecular complexity index is 601. The first-order valence-electron chi connectivity index (χ1n) is 6.10. The van der Waals surface area contributed by atoms with E-state index >= 15 is 0 Å². The summed E-state index contributed by atoms with van der Waals surface area (Å²) >= 11 is 7.73. The van der Waals surface area contributed by atoms with Crippen molar-refractivity contribution in [3.05, 3.63) is 44.9 Å². The number of hydrogen-bond acceptors (Lipinski definition) is 4. The highest BCUT2D eigenvalue weighted by Gasteiger charge is 2.02. The zero-order valence-corrected chi connectivity index (χ0v) is 12.2. The number of aromatic nitrogens is 1. The van der Waals surface area contributed by atoms with Gasteiger partial charge in [-0.3, -0.25) is 0 Å². The molecule has 98 valence electrons. The number of thiazole rings is 1. The van der Waals surface area contributed by atoms with Gasteiger partial charge in [0.15, 0.2) is 0 Å². The van der Waals surface area contributed by atoms with E-state index in [1.165, 1.54) is 4.88 Å². The highest BCUT2D eigenvalue weighted by atomic mass is 35.5. The molecule has 1 heterocycles. The molecule has 19 heavy (non-hydrogen) atoms. The Hall–Kier alpha value is -1.57. The van der Waals surface area contributed by atoms with Gasteiger partial charge in [-0.2, -0.15) is 5.26 Å². The number of nitrogens with one attached hydrogen (secondary N) is 1. The van der Waals surface area contributed by atoms with E-state index in [0.717, 1.165) is 30.1 Å². The van der Waals surface area contributed by atoms with Crippen LogP contribution in [0.1, 0.15) is 22.4 Å². The van der Waals surface area contributed by atoms with E-state index in [2.05, 4.69) is 17.2 Å². The molecular weight excluding hydrogens is 278 g/mol. The molecule has 5 heteroatoms. The third kappa shape index (κ3) is 3.69. The number of halogens is 1. The smallest absolute Gasteiger partial charge is 0.101 e. The van der Waals surface area contributed by atoms with Crippen LogP contribution in [0.2, 0.25) is 5.02 Å². The average Bonchev–Trinajstić information content (AvgIpc) is 2.87. The topological polar surface area (TPSA) is 48.7 Å². The lowest BCUT2D eigenvalue weighted by atomic mass is 10.2. The molecule has 1 aromatic heterocycles. The van der Waals surface area contributed by atoms with Crippen molar-refractivity contribution >= 4 is 28.6 Å². The number of nitriles is 1. The summed E-state index contributed by atoms with van der Waals surface area (Å²) in [5.74, 6) is 0. The standard InChI is InChI=1S/C14H14ClN3S/c1-2-12-9-18-14(19-12)5-6-17-11-4-3-10(8-16)13(15)7-11/h3-4,7,9,17H,2,5-6H2,1H3. The largest absolute Gasteiger partial charge is 0.385 e. The fraction of sp³-hybridized carbons (Fsp3) is 0.286. The van der Waals surface area contributed by atoms with Crippen molar-refractivity contribution in [2.45, 2.75) is 19.8 Å². The first-order chi connectivity index (χ1) is 9.22. The Labute approximate surface area is 121 Å². The molecule has 0 saturated heterocycles. The summed E-state index contributed by atoms with van der Waals surface area (Å²) in [6, 6.07) is 7.41. The highest BCUT2D eigenvalue weighted by Crippen LogP contribution is 2.20. The Morgan fingerprint density at radius 2 is 2.32 bits per heavy atom. The number of benzene rings is 1. The quantitative estimate of drug-likeness (QED) is 0.909. The molecule has 1 N–H and O–H groups in total. The van der Waals surface area contributed by atoms with Gasteiger partial charge in [-0.1, -0.05) is 18.5 Å². The monoisotopic (exact) mass is 291 g/mol. The number of hydrogen-bond donors (Lipinski definition) is 1. The number of anilines is 1. The van der Waals surface area contributed by atoms with Crippen LogP contribution in [0.4, 0.5) is 5.69 Å². The third-order valence-corrected chi connectivity index (χ3v) is 4.22. The Morgan fingerprint density at radius 3 is 2.95 bits per heavy atom. The summed E-state index contributed by atoms with van der Waals surface area (Å²) < 4.78 is 0. The zero-order valence-electron chi connectivity index (χ0n) is 10.6. The molecule has 0 aliphatic carbocycles. The van der Waals surface area contributed by atoms with Gasteiger partial charge in [0.1, 0.15) is 6.07 Å². The lowest BCUT2D eigenvalue weighted by Gasteiger charge is -2.06. The van der Waals surface area contributed by atoms with Gasteiger partial charge in [0.05, 0.1) is 15.6 Å². The van der Waals surface area contributed by atoms with Gasteiger partial charge in [-0.15, -0.1) is 11.3 Å². The van der Waals surface area contributed by atoms with Crippen molar-refractivity contribution in [2.24, 2.45) is 0 Å². The highest BCUT2D eigenvalue weighted by molar-refractivity contribution is 7.11. The molecule has 2 rings (SSSR count). The fourth-order valence-electron chi connectivity index (χ4n) is 1.66. The van der Waals surface area contributed by atoms with Crippen molar-refractivity contribution in [1.29, 1.82) is 5.26 Å². The van der Waals surface area contributed by atoms with Crippen LogP contribution in [-0.2, 0) is 12.8 Å². The van der Waals surface area contributed by atoms with Crippen LogP contribution in [0.25, 0.3) is 0 Å². The van der Waals surface area contributed by atoms with Gasteiger partial charge in [0.25, 0.3) is 0 Å². The molecule has 0 atom stereocenters. The van der Waals surface area contributed by atoms with E-state index in [1.54, 1.807) is 23.5 Å². The van der Waals surface area contributed by atoms with E-state index < -0.39 is 0 Å². The van der Waals surface area contributed by atoms with Crippen molar-refractivity contribution in [3.8, 4) is 6.07 Å². The SMILES string of the molecule is CCc1cnc(CCNc2ccc(C#N)c(Cl)c2)s1. The molecule has 0 unspecified atom stereocenters. The maximum atomic E-state index is 8.80. The predicted octanol–water partition coefficient (Wildman–Crippen LogP) is 3.89. The van der Waals surface area contributed by atoms with E-state index in [1.807, 2.05) is 18.3 Å². The molecule has 0 aliphatic heterocycles. The number of rotatable bonds is 5. The number of aryl methyl sites for hydroxylation is 1. The summed E-state index contributed by atoms with van der Waals surface area (Å²) in [6.07, 6.45) is 3.87. The Kier molecular flexibility index (Phi) is 4.78. The second-order valence-electron chi connectivity index (χ2n) is 4.06. The second-order valence-corrected chi connectivity index (χ2v) is 5.66. The molecular formula is C14H14ClN3S. The molecule has 1 aromatic carbocycles. The maximum absolute atomic E-state index is 8.80. The molecule has 0 spiro atoms. The van der Waals surface area contributed by atoms with Crippen LogP contribution in [-0.4, -0.2) is 11.5 Å². The van der Waals surface area contributed by atoms with Gasteiger partial charge in [-0.05, 0) is 24.6 Å². The first kappa shape index (κ1) is 13.9. The van der Waals surface area contributed by atoms with Gasteiger partial charge < -0.3 is 5.32 Å². The van der Waals surface area contributed by atoms with Gasteiger partial charge in [0.2, 0.25) is 0 Å². The molecule has 0 radical (unpaired) electrons. The van der Waals surface area contributed by atoms with Crippen molar-refractivity contribution in [2.75, 3.05) is 11.9 Å². The van der Waals surface area contributed by atoms with Crippen LogP contribution >= 0.6 is 22.9 Å². The summed E-state index contributed by atoms with van der Waals surface area (Å²) in [6.45, 7) is 2.94. The third-order valence-electron chi connectivity index (χ3n) is 2.71. The van der Waals surface area contributed by atoms with Crippen molar-refractivity contribution in [1.82, 2.24) is 4.98 Å². The van der Waals surface area contributed by atoms with Gasteiger partial charge in [0, 0.05) is 29.7 Å². The first-order valence-corrected chi connectivity index (χ1v) is 7.29. The lowest BCUT2D eigenvalue weighted by molar-refractivity contribution is 0.997. The molecule has 2 aromatic rings. The molecule has 0 fully saturated rings. The van der Waals surface area contributed by atoms with E-state index in [9.17, 15) is 0 Å². The van der Waals surface area contributed by atoms with Crippen LogP contribution < -0.4 is 5.32 Å². The minimum atomic E-state index is 0.481. The lowest BCUT2D eigenvalue weighted by Crippen LogP contribution is -2.04. The predicted molar refractivity (Wildman–Crippen MR) is 79.9 cm³/mol. The van der Waals surface area contributed by atoms with Crippen LogP contribution in [0.3, 0.4) is 0 Å². The van der Waals surface area contributed by atoms with E-state index in [0.29, 0.717) is 10.6 Å². The van der Waals surface area contributed by atoms with E-state index in [-0.39, 0.29) is 0 Å². The maximum Gasteiger partial charge on any atom is 0.101 e. The Morgan fingerprint density at radius 1 is 1.47 bits per heavy atom. The average molecular weight is 292 g/mol. The second kappa shape index (κ2) is 6.55. The number of nitrogens with zero attached hydrogens (tertiary/aromatic N) is 2. The minimum Gasteiger partial charge on any atom is -0.385 e. The molecule has 0 bridgehead atoms. The fourth-order valence-corrected chi connectivity index (χ4v) is 2.74. The normalized spacial score (nSPS) is 10.2. The Balaban J connectivity index is 1.89. The van der Waals surface area contributed by atoms with Crippen LogP contribution in [0.5, 0.6) is 0 Å². The molecule has 3 nitrogen and oxygen atoms in total. The summed E-state index contributed by atoms with van der Waals surface area (Å²) in [4.78, 5) is 5.69. The summed E-state index contributed by atoms with van der Waals surface area (Å²) in [5.41, 5.74) is 1.43. The van der Waals surface area contributed by atoms with Crippen molar-refractivity contribution in [3.63, 3.8) is 0 Å². The molecule has 0 amide bonds. The molecule has 0 saturated carbocycles. The van der Waals surface area contributed by atoms with Gasteiger partial charge >= 0.3 is 0 Å². The minimum absolute atomic E-state index is 0.481. The molecule has 0 aliphatic rings. The van der Waals surface area contributed by atoms with E-state index in [4.69, 9.17) is 16.9 Å². The van der Waals surface area contributed by atoms with Crippen molar-refractivity contribution < 1.29 is 0 Å². The van der Waals surface area contributed by atoms with Crippen LogP contribution in [0, 0.1) is 11.3 Å². The summed E-state index contributed by atoms with van der Waals surface area (Å²) in [5, 5.41) is 13.7. The van der Waals surface area contributed by atoms with Crippen LogP contribution in [0.15, 0.2) is 24.4 Å². The summed E-state index contributed by atoms with van der Waals surface area (Å²) in [7, 11) is 0.